The van der Waals surface area contributed by atoms with Gasteiger partial charge in [0.05, 0.1) is 11.5 Å². The molecule has 10 nitrogen and oxygen atoms in total. The number of carbonyl (C=O) groups excluding carboxylic acids is 1. The molecule has 1 amide bonds. The third kappa shape index (κ3) is 5.69. The summed E-state index contributed by atoms with van der Waals surface area (Å²) in [5.74, 6) is 0.292. The van der Waals surface area contributed by atoms with E-state index in [2.05, 4.69) is 15.1 Å². The van der Waals surface area contributed by atoms with Gasteiger partial charge >= 0.3 is 5.69 Å². The number of ether oxygens (including phenoxy) is 1. The molecule has 2 N–H and O–H groups in total. The van der Waals surface area contributed by atoms with Crippen molar-refractivity contribution in [3.8, 4) is 5.75 Å². The number of nitrogens with one attached hydrogen (secondary N) is 2. The van der Waals surface area contributed by atoms with E-state index < -0.39 is 10.0 Å². The molecule has 0 unspecified atom stereocenters. The molecule has 35 heavy (non-hydrogen) atoms. The van der Waals surface area contributed by atoms with E-state index in [9.17, 15) is 18.0 Å². The van der Waals surface area contributed by atoms with Gasteiger partial charge in [-0.25, -0.2) is 17.9 Å². The van der Waals surface area contributed by atoms with E-state index in [4.69, 9.17) is 4.74 Å². The quantitative estimate of drug-likeness (QED) is 0.326. The summed E-state index contributed by atoms with van der Waals surface area (Å²) in [5, 5.41) is 7.04. The van der Waals surface area contributed by atoms with E-state index in [1.54, 1.807) is 30.5 Å². The molecule has 2 aromatic heterocycles. The topological polar surface area (TPSA) is 124 Å². The third-order valence-corrected chi connectivity index (χ3v) is 6.56. The Balaban J connectivity index is 1.29. The van der Waals surface area contributed by atoms with Gasteiger partial charge in [-0.05, 0) is 74.0 Å². The highest BCUT2D eigenvalue weighted by molar-refractivity contribution is 7.92. The molecule has 0 aliphatic heterocycles. The largest absolute Gasteiger partial charge is 0.494 e. The van der Waals surface area contributed by atoms with Crippen LogP contribution in [0.1, 0.15) is 23.7 Å². The number of aromatic nitrogens is 3. The van der Waals surface area contributed by atoms with Crippen molar-refractivity contribution in [2.75, 3.05) is 17.9 Å². The molecule has 0 spiro atoms. The van der Waals surface area contributed by atoms with Gasteiger partial charge in [0, 0.05) is 30.5 Å². The second-order valence-corrected chi connectivity index (χ2v) is 9.31. The fraction of sp³-hybridized carbons (Fsp3) is 0.208. The van der Waals surface area contributed by atoms with Crippen molar-refractivity contribution in [1.29, 1.82) is 0 Å². The van der Waals surface area contributed by atoms with Crippen LogP contribution in [0.25, 0.3) is 5.65 Å². The summed E-state index contributed by atoms with van der Waals surface area (Å²) in [4.78, 5) is 24.8. The van der Waals surface area contributed by atoms with Crippen LogP contribution in [-0.4, -0.2) is 41.7 Å². The summed E-state index contributed by atoms with van der Waals surface area (Å²) >= 11 is 0. The Hall–Kier alpha value is -4.12. The van der Waals surface area contributed by atoms with Crippen molar-refractivity contribution in [3.05, 3.63) is 89.0 Å². The number of benzene rings is 2. The molecule has 2 aromatic carbocycles. The molecule has 182 valence electrons. The SMILES string of the molecule is CCOc1ccc(S(=O)(=O)Nc2ccc(C(=O)NCCCn3nc4ccccn4c3=O)cc2)cc1. The first-order valence-corrected chi connectivity index (χ1v) is 12.5. The van der Waals surface area contributed by atoms with Gasteiger partial charge in [0.15, 0.2) is 5.65 Å². The van der Waals surface area contributed by atoms with E-state index in [1.807, 2.05) is 13.0 Å². The van der Waals surface area contributed by atoms with E-state index in [0.29, 0.717) is 48.8 Å². The number of amides is 1. The number of nitrogens with zero attached hydrogens (tertiary/aromatic N) is 3. The summed E-state index contributed by atoms with van der Waals surface area (Å²) in [6, 6.07) is 17.6. The fourth-order valence-electron chi connectivity index (χ4n) is 3.43. The van der Waals surface area contributed by atoms with Gasteiger partial charge in [-0.1, -0.05) is 6.07 Å². The maximum absolute atomic E-state index is 12.6. The lowest BCUT2D eigenvalue weighted by molar-refractivity contribution is 0.0952. The summed E-state index contributed by atoms with van der Waals surface area (Å²) in [6.07, 6.45) is 2.18. The minimum absolute atomic E-state index is 0.104. The predicted molar refractivity (Wildman–Crippen MR) is 131 cm³/mol. The first-order chi connectivity index (χ1) is 16.9. The van der Waals surface area contributed by atoms with Crippen LogP contribution in [0.15, 0.2) is 82.6 Å². The predicted octanol–water partition coefficient (Wildman–Crippen LogP) is 2.52. The second kappa shape index (κ2) is 10.4. The van der Waals surface area contributed by atoms with Gasteiger partial charge in [-0.3, -0.25) is 13.9 Å². The molecule has 11 heteroatoms. The first kappa shape index (κ1) is 24.0. The van der Waals surface area contributed by atoms with Gasteiger partial charge in [0.1, 0.15) is 5.75 Å². The van der Waals surface area contributed by atoms with Crippen LogP contribution in [-0.2, 0) is 16.6 Å². The smallest absolute Gasteiger partial charge is 0.350 e. The fourth-order valence-corrected chi connectivity index (χ4v) is 4.49. The monoisotopic (exact) mass is 495 g/mol. The normalized spacial score (nSPS) is 11.3. The molecular weight excluding hydrogens is 470 g/mol. The van der Waals surface area contributed by atoms with Crippen LogP contribution in [0.4, 0.5) is 5.69 Å². The lowest BCUT2D eigenvalue weighted by Gasteiger charge is -2.10. The van der Waals surface area contributed by atoms with E-state index in [-0.39, 0.29) is 16.5 Å². The van der Waals surface area contributed by atoms with Crippen molar-refractivity contribution in [2.24, 2.45) is 0 Å². The average Bonchev–Trinajstić information content (AvgIpc) is 3.18. The number of fused-ring (bicyclic) bond motifs is 1. The van der Waals surface area contributed by atoms with Crippen LogP contribution in [0.2, 0.25) is 0 Å². The number of sulfonamides is 1. The highest BCUT2D eigenvalue weighted by Crippen LogP contribution is 2.19. The van der Waals surface area contributed by atoms with Crippen LogP contribution in [0, 0.1) is 0 Å². The number of pyridine rings is 1. The van der Waals surface area contributed by atoms with Crippen LogP contribution >= 0.6 is 0 Å². The van der Waals surface area contributed by atoms with Gasteiger partial charge < -0.3 is 10.1 Å². The molecule has 0 aliphatic carbocycles. The molecule has 0 bridgehead atoms. The Kier molecular flexibility index (Phi) is 7.16. The maximum atomic E-state index is 12.6. The number of anilines is 1. The van der Waals surface area contributed by atoms with Gasteiger partial charge in [-0.15, -0.1) is 5.10 Å². The Labute approximate surface area is 202 Å². The lowest BCUT2D eigenvalue weighted by Crippen LogP contribution is -2.27. The third-order valence-electron chi connectivity index (χ3n) is 5.17. The Morgan fingerprint density at radius 2 is 1.77 bits per heavy atom. The molecule has 4 aromatic rings. The van der Waals surface area contributed by atoms with Crippen LogP contribution < -0.4 is 20.5 Å². The highest BCUT2D eigenvalue weighted by atomic mass is 32.2. The molecule has 0 aliphatic rings. The zero-order valence-electron chi connectivity index (χ0n) is 19.0. The minimum atomic E-state index is -3.78. The maximum Gasteiger partial charge on any atom is 0.350 e. The average molecular weight is 496 g/mol. The molecule has 0 saturated carbocycles. The molecule has 0 radical (unpaired) electrons. The number of hydrogen-bond acceptors (Lipinski definition) is 6. The number of rotatable bonds is 10. The molecule has 0 atom stereocenters. The summed E-state index contributed by atoms with van der Waals surface area (Å²) < 4.78 is 35.9. The van der Waals surface area contributed by atoms with Crippen molar-refractivity contribution < 1.29 is 17.9 Å². The number of aryl methyl sites for hydroxylation is 1. The molecular formula is C24H25N5O5S. The number of carbonyl (C=O) groups is 1. The summed E-state index contributed by atoms with van der Waals surface area (Å²) in [7, 11) is -3.78. The highest BCUT2D eigenvalue weighted by Gasteiger charge is 2.15. The van der Waals surface area contributed by atoms with Gasteiger partial charge in [0.25, 0.3) is 15.9 Å². The van der Waals surface area contributed by atoms with E-state index in [1.165, 1.54) is 45.5 Å². The zero-order valence-corrected chi connectivity index (χ0v) is 19.9. The zero-order chi connectivity index (χ0) is 24.8. The second-order valence-electron chi connectivity index (χ2n) is 7.63. The Morgan fingerprint density at radius 1 is 1.03 bits per heavy atom. The van der Waals surface area contributed by atoms with Crippen molar-refractivity contribution in [2.45, 2.75) is 24.8 Å². The minimum Gasteiger partial charge on any atom is -0.494 e. The Morgan fingerprint density at radius 3 is 2.46 bits per heavy atom. The summed E-state index contributed by atoms with van der Waals surface area (Å²) in [6.45, 7) is 3.06. The first-order valence-electron chi connectivity index (χ1n) is 11.1. The summed E-state index contributed by atoms with van der Waals surface area (Å²) in [5.41, 5.74) is 1.07. The van der Waals surface area contributed by atoms with Crippen molar-refractivity contribution in [3.63, 3.8) is 0 Å². The lowest BCUT2D eigenvalue weighted by atomic mass is 10.2. The van der Waals surface area contributed by atoms with Gasteiger partial charge in [-0.2, -0.15) is 0 Å². The van der Waals surface area contributed by atoms with Crippen molar-refractivity contribution >= 4 is 27.3 Å². The van der Waals surface area contributed by atoms with Crippen LogP contribution in [0.5, 0.6) is 5.75 Å². The molecule has 0 fully saturated rings. The standard InChI is InChI=1S/C24H25N5O5S/c1-2-34-20-11-13-21(14-12-20)35(32,33)27-19-9-7-18(8-10-19)23(30)25-15-5-17-29-24(31)28-16-4-3-6-22(28)26-29/h3-4,6-14,16,27H,2,5,15,17H2,1H3,(H,25,30). The van der Waals surface area contributed by atoms with Crippen molar-refractivity contribution in [1.82, 2.24) is 19.5 Å². The van der Waals surface area contributed by atoms with Crippen LogP contribution in [0.3, 0.4) is 0 Å². The molecule has 0 saturated heterocycles. The van der Waals surface area contributed by atoms with E-state index >= 15 is 0 Å². The molecule has 2 heterocycles. The number of hydrogen-bond donors (Lipinski definition) is 2. The van der Waals surface area contributed by atoms with E-state index in [0.717, 1.165) is 0 Å². The van der Waals surface area contributed by atoms with Gasteiger partial charge in [0.2, 0.25) is 0 Å². The Bertz CT molecular complexity index is 1480. The molecule has 4 rings (SSSR count).